The maximum Gasteiger partial charge on any atom is 0.166 e. The van der Waals surface area contributed by atoms with Gasteiger partial charge in [-0.1, -0.05) is 0 Å². The predicted molar refractivity (Wildman–Crippen MR) is 74.5 cm³/mol. The number of aromatic hydroxyl groups is 1. The third-order valence-corrected chi connectivity index (χ3v) is 5.61. The largest absolute Gasteiger partial charge is 0.505 e. The van der Waals surface area contributed by atoms with Crippen LogP contribution in [0.25, 0.3) is 10.9 Å². The highest BCUT2D eigenvalue weighted by Crippen LogP contribution is 2.50. The first kappa shape index (κ1) is 11.1. The average molecular weight is 272 g/mol. The third kappa shape index (κ3) is 1.28. The molecule has 3 heterocycles. The Hall–Kier alpha value is -1.55. The molecule has 2 aliphatic heterocycles. The molecule has 2 aromatic rings. The van der Waals surface area contributed by atoms with Gasteiger partial charge in [0.25, 0.3) is 0 Å². The first-order valence-corrected chi connectivity index (χ1v) is 7.47. The van der Waals surface area contributed by atoms with Gasteiger partial charge < -0.3 is 10.1 Å². The van der Waals surface area contributed by atoms with Crippen LogP contribution in [0, 0.1) is 11.7 Å². The van der Waals surface area contributed by atoms with Crippen LogP contribution in [0.15, 0.2) is 12.1 Å². The molecular formula is C16H17FN2O. The van der Waals surface area contributed by atoms with Crippen LogP contribution < -0.4 is 0 Å². The fraction of sp³-hybridized carbons (Fsp3) is 0.500. The van der Waals surface area contributed by atoms with Gasteiger partial charge in [-0.25, -0.2) is 4.39 Å². The number of rotatable bonds is 0. The van der Waals surface area contributed by atoms with E-state index in [-0.39, 0.29) is 5.75 Å². The van der Waals surface area contributed by atoms with Gasteiger partial charge in [-0.3, -0.25) is 4.90 Å². The maximum absolute atomic E-state index is 13.6. The topological polar surface area (TPSA) is 39.3 Å². The SMILES string of the molecule is Oc1cc2c3c([nH]c2cc1F)[C@@H]1C[C@@H]2C[C@@H]1N(CC3)C2. The molecule has 2 bridgehead atoms. The number of aromatic amines is 1. The standard InChI is InChI=1S/C16H17FN2O/c17-12-6-13-10(5-15(12)20)9-1-2-19-7-8-3-11(14(19)4-8)16(9)18-13/h5-6,8,11,14,18,20H,1-4,7H2/t8-,11-,14+/m1/s1. The number of H-pyrrole nitrogens is 1. The number of nitrogens with zero attached hydrogens (tertiary/aromatic N) is 1. The number of aromatic nitrogens is 1. The van der Waals surface area contributed by atoms with Crippen LogP contribution in [-0.4, -0.2) is 34.1 Å². The molecule has 2 N–H and O–H groups in total. The summed E-state index contributed by atoms with van der Waals surface area (Å²) in [5.41, 5.74) is 3.44. The molecule has 0 amide bonds. The highest BCUT2D eigenvalue weighted by molar-refractivity contribution is 5.86. The number of piperidine rings is 1. The van der Waals surface area contributed by atoms with E-state index in [4.69, 9.17) is 0 Å². The molecule has 3 atom stereocenters. The van der Waals surface area contributed by atoms with Gasteiger partial charge in [-0.2, -0.15) is 0 Å². The van der Waals surface area contributed by atoms with E-state index in [0.717, 1.165) is 29.8 Å². The normalized spacial score (nSPS) is 31.8. The Morgan fingerprint density at radius 2 is 2.20 bits per heavy atom. The van der Waals surface area contributed by atoms with E-state index in [1.807, 2.05) is 0 Å². The summed E-state index contributed by atoms with van der Waals surface area (Å²) < 4.78 is 13.6. The zero-order valence-corrected chi connectivity index (χ0v) is 11.2. The molecule has 0 spiro atoms. The van der Waals surface area contributed by atoms with Gasteiger partial charge in [0.1, 0.15) is 0 Å². The number of phenolic OH excluding ortho intramolecular Hbond substituents is 1. The highest BCUT2D eigenvalue weighted by atomic mass is 19.1. The second kappa shape index (κ2) is 3.55. The molecule has 20 heavy (non-hydrogen) atoms. The van der Waals surface area contributed by atoms with Gasteiger partial charge >= 0.3 is 0 Å². The summed E-state index contributed by atoms with van der Waals surface area (Å²) >= 11 is 0. The number of benzene rings is 1. The summed E-state index contributed by atoms with van der Waals surface area (Å²) in [5.74, 6) is 0.635. The smallest absolute Gasteiger partial charge is 0.166 e. The van der Waals surface area contributed by atoms with Crippen LogP contribution in [0.5, 0.6) is 5.75 Å². The number of hydrogen-bond donors (Lipinski definition) is 2. The second-order valence-electron chi connectivity index (χ2n) is 6.62. The Balaban J connectivity index is 1.75. The lowest BCUT2D eigenvalue weighted by molar-refractivity contribution is 0.201. The predicted octanol–water partition coefficient (Wildman–Crippen LogP) is 2.75. The Morgan fingerprint density at radius 1 is 1.30 bits per heavy atom. The minimum Gasteiger partial charge on any atom is -0.505 e. The summed E-state index contributed by atoms with van der Waals surface area (Å²) in [7, 11) is 0. The van der Waals surface area contributed by atoms with Crippen molar-refractivity contribution in [2.75, 3.05) is 13.1 Å². The molecular weight excluding hydrogens is 255 g/mol. The van der Waals surface area contributed by atoms with E-state index in [1.54, 1.807) is 6.07 Å². The molecule has 1 saturated heterocycles. The van der Waals surface area contributed by atoms with Gasteiger partial charge in [0.05, 0.1) is 0 Å². The molecule has 0 radical (unpaired) electrons. The molecule has 3 aliphatic rings. The van der Waals surface area contributed by atoms with Crippen LogP contribution >= 0.6 is 0 Å². The number of phenols is 1. The Bertz CT molecular complexity index is 723. The van der Waals surface area contributed by atoms with E-state index >= 15 is 0 Å². The van der Waals surface area contributed by atoms with Crippen molar-refractivity contribution >= 4 is 10.9 Å². The lowest BCUT2D eigenvalue weighted by Gasteiger charge is -2.30. The number of hydrogen-bond acceptors (Lipinski definition) is 2. The summed E-state index contributed by atoms with van der Waals surface area (Å²) in [4.78, 5) is 6.09. The molecule has 2 fully saturated rings. The first-order chi connectivity index (χ1) is 9.70. The number of fused-ring (bicyclic) bond motifs is 5. The van der Waals surface area contributed by atoms with Gasteiger partial charge in [0, 0.05) is 47.7 Å². The van der Waals surface area contributed by atoms with E-state index in [9.17, 15) is 9.50 Å². The molecule has 104 valence electrons. The van der Waals surface area contributed by atoms with Crippen LogP contribution in [0.2, 0.25) is 0 Å². The molecule has 5 rings (SSSR count). The monoisotopic (exact) mass is 272 g/mol. The molecule has 1 saturated carbocycles. The Labute approximate surface area is 116 Å². The lowest BCUT2D eigenvalue weighted by atomic mass is 9.93. The van der Waals surface area contributed by atoms with Crippen molar-refractivity contribution in [1.82, 2.24) is 9.88 Å². The quantitative estimate of drug-likeness (QED) is 0.774. The zero-order valence-electron chi connectivity index (χ0n) is 11.2. The molecule has 1 aromatic heterocycles. The van der Waals surface area contributed by atoms with Crippen LogP contribution in [0.1, 0.15) is 30.0 Å². The lowest BCUT2D eigenvalue weighted by Crippen LogP contribution is -2.36. The minimum atomic E-state index is -0.538. The second-order valence-corrected chi connectivity index (χ2v) is 6.62. The summed E-state index contributed by atoms with van der Waals surface area (Å²) in [5, 5.41) is 10.7. The molecule has 4 heteroatoms. The van der Waals surface area contributed by atoms with E-state index in [1.165, 1.54) is 36.7 Å². The fourth-order valence-electron chi connectivity index (χ4n) is 4.83. The van der Waals surface area contributed by atoms with E-state index in [2.05, 4.69) is 9.88 Å². The first-order valence-electron chi connectivity index (χ1n) is 7.47. The molecule has 1 aliphatic carbocycles. The van der Waals surface area contributed by atoms with E-state index < -0.39 is 5.82 Å². The van der Waals surface area contributed by atoms with Crippen molar-refractivity contribution in [3.63, 3.8) is 0 Å². The highest BCUT2D eigenvalue weighted by Gasteiger charge is 2.47. The van der Waals surface area contributed by atoms with Crippen molar-refractivity contribution in [3.05, 3.63) is 29.2 Å². The van der Waals surface area contributed by atoms with Gasteiger partial charge in [0.2, 0.25) is 0 Å². The minimum absolute atomic E-state index is 0.240. The number of halogens is 1. The Kier molecular flexibility index (Phi) is 1.98. The van der Waals surface area contributed by atoms with Crippen molar-refractivity contribution in [3.8, 4) is 5.75 Å². The van der Waals surface area contributed by atoms with E-state index in [0.29, 0.717) is 12.0 Å². The van der Waals surface area contributed by atoms with Crippen molar-refractivity contribution in [2.45, 2.75) is 31.2 Å². The fourth-order valence-corrected chi connectivity index (χ4v) is 4.83. The Morgan fingerprint density at radius 3 is 3.05 bits per heavy atom. The van der Waals surface area contributed by atoms with Gasteiger partial charge in [-0.05, 0) is 36.8 Å². The summed E-state index contributed by atoms with van der Waals surface area (Å²) in [6.45, 7) is 2.35. The van der Waals surface area contributed by atoms with Crippen LogP contribution in [0.4, 0.5) is 4.39 Å². The van der Waals surface area contributed by atoms with Crippen LogP contribution in [0.3, 0.4) is 0 Å². The average Bonchev–Trinajstić information content (AvgIpc) is 3.08. The molecule has 3 nitrogen and oxygen atoms in total. The van der Waals surface area contributed by atoms with Gasteiger partial charge in [-0.15, -0.1) is 0 Å². The molecule has 1 aromatic carbocycles. The summed E-state index contributed by atoms with van der Waals surface area (Å²) in [6, 6.07) is 3.70. The molecule has 0 unspecified atom stereocenters. The zero-order chi connectivity index (χ0) is 13.4. The third-order valence-electron chi connectivity index (χ3n) is 5.61. The van der Waals surface area contributed by atoms with Gasteiger partial charge in [0.15, 0.2) is 11.6 Å². The maximum atomic E-state index is 13.6. The summed E-state index contributed by atoms with van der Waals surface area (Å²) in [6.07, 6.45) is 3.58. The van der Waals surface area contributed by atoms with Crippen LogP contribution in [-0.2, 0) is 6.42 Å². The van der Waals surface area contributed by atoms with Crippen molar-refractivity contribution < 1.29 is 9.50 Å². The van der Waals surface area contributed by atoms with Crippen molar-refractivity contribution in [2.24, 2.45) is 5.92 Å². The van der Waals surface area contributed by atoms with Crippen molar-refractivity contribution in [1.29, 1.82) is 0 Å². The number of nitrogens with one attached hydrogen (secondary N) is 1.